The molecule has 5 nitrogen and oxygen atoms in total. The number of nitrogens with zero attached hydrogens (tertiary/aromatic N) is 4. The predicted octanol–water partition coefficient (Wildman–Crippen LogP) is 13.1. The summed E-state index contributed by atoms with van der Waals surface area (Å²) in [6, 6.07) is 48.5. The molecule has 0 amide bonds. The van der Waals surface area contributed by atoms with Gasteiger partial charge in [-0.05, 0) is 79.4 Å². The van der Waals surface area contributed by atoms with E-state index in [9.17, 15) is 0 Å². The van der Waals surface area contributed by atoms with E-state index < -0.39 is 13.3 Å². The van der Waals surface area contributed by atoms with Gasteiger partial charge in [-0.25, -0.2) is 4.98 Å². The normalized spacial score (nSPS) is 11.7. The van der Waals surface area contributed by atoms with Crippen molar-refractivity contribution in [3.8, 4) is 39.5 Å². The number of aryl methyl sites for hydroxylation is 3. The van der Waals surface area contributed by atoms with E-state index >= 15 is 0 Å². The minimum atomic E-state index is -1.90. The third-order valence-electron chi connectivity index (χ3n) is 10.5. The standard InChI is InChI=1S/C33H24N3O.C19H26GeN.Ir/c1-20-18-24(23-10-5-4-6-11-23)19-21(2)30(20)36-29-15-8-7-14-28(29)35-32(36)27-13-9-12-25-26-17-16-22(3)34-33(26)37-31(25)27;1-19(2,3)13-16-12-18(15-10-8-7-9-11-15)21-14-17(16)20(4,5)6;/h4-12,14-19H,1-3H3;7-10,12,14H,13H2,1-6H3;/q2*-1;. The van der Waals surface area contributed by atoms with Crippen molar-refractivity contribution in [1.29, 1.82) is 0 Å². The van der Waals surface area contributed by atoms with Crippen LogP contribution in [0.1, 0.15) is 43.2 Å². The van der Waals surface area contributed by atoms with Crippen molar-refractivity contribution in [1.82, 2.24) is 19.5 Å². The van der Waals surface area contributed by atoms with E-state index in [1.54, 1.807) is 0 Å². The van der Waals surface area contributed by atoms with Gasteiger partial charge in [0, 0.05) is 36.9 Å². The van der Waals surface area contributed by atoms with E-state index in [-0.39, 0.29) is 20.1 Å². The molecular formula is C52H50GeIrN4O-2. The molecule has 0 spiro atoms. The molecule has 1 radical (unpaired) electrons. The van der Waals surface area contributed by atoms with Crippen LogP contribution in [0.4, 0.5) is 0 Å². The first-order valence-electron chi connectivity index (χ1n) is 20.1. The first kappa shape index (κ1) is 42.0. The molecule has 299 valence electrons. The third-order valence-corrected chi connectivity index (χ3v) is 14.9. The van der Waals surface area contributed by atoms with Gasteiger partial charge in [0.15, 0.2) is 0 Å². The van der Waals surface area contributed by atoms with E-state index in [0.717, 1.165) is 67.8 Å². The average Bonchev–Trinajstić information content (AvgIpc) is 3.76. The number of para-hydroxylation sites is 2. The minimum absolute atomic E-state index is 0. The van der Waals surface area contributed by atoms with E-state index in [1.807, 2.05) is 55.5 Å². The molecule has 0 saturated heterocycles. The summed E-state index contributed by atoms with van der Waals surface area (Å²) in [7, 11) is 0. The maximum Gasteiger partial charge on any atom is 0.216 e. The van der Waals surface area contributed by atoms with Crippen molar-refractivity contribution in [2.45, 2.75) is 65.2 Å². The third kappa shape index (κ3) is 8.77. The first-order valence-corrected chi connectivity index (χ1v) is 27.4. The molecule has 4 heterocycles. The Morgan fingerprint density at radius 2 is 1.42 bits per heavy atom. The quantitative estimate of drug-likeness (QED) is 0.123. The van der Waals surface area contributed by atoms with Gasteiger partial charge in [-0.1, -0.05) is 53.4 Å². The Hall–Kier alpha value is -5.14. The van der Waals surface area contributed by atoms with Gasteiger partial charge in [0.05, 0.1) is 22.4 Å². The Morgan fingerprint density at radius 1 is 0.712 bits per heavy atom. The Kier molecular flexibility index (Phi) is 12.0. The van der Waals surface area contributed by atoms with Crippen LogP contribution in [-0.4, -0.2) is 32.8 Å². The van der Waals surface area contributed by atoms with Gasteiger partial charge in [-0.2, -0.15) is 0 Å². The number of rotatable bonds is 6. The molecule has 0 fully saturated rings. The zero-order valence-electron chi connectivity index (χ0n) is 35.4. The summed E-state index contributed by atoms with van der Waals surface area (Å²) in [5.74, 6) is 8.13. The van der Waals surface area contributed by atoms with Gasteiger partial charge in [-0.3, -0.25) is 4.98 Å². The predicted molar refractivity (Wildman–Crippen MR) is 245 cm³/mol. The summed E-state index contributed by atoms with van der Waals surface area (Å²) < 4.78 is 10.1. The molecule has 0 unspecified atom stereocenters. The fraction of sp³-hybridized carbons (Fsp3) is 0.212. The van der Waals surface area contributed by atoms with Crippen LogP contribution >= 0.6 is 0 Å². The van der Waals surface area contributed by atoms with Crippen LogP contribution in [0.2, 0.25) is 17.3 Å². The maximum absolute atomic E-state index is 6.35. The SMILES string of the molecule is CC(C)(C)Cc1cc(-c2[c-]cccc2)nc[c]1[Ge]([CH3])([CH3])[CH3].Cc1ccc2c(n1)oc1c(-c3nc4ccccc4n3-c3c(C)cc(-c4ccccc4)cc3C)[c-]ccc12.[Ir]. The number of imidazole rings is 1. The number of benzene rings is 5. The Bertz CT molecular complexity index is 2900. The van der Waals surface area contributed by atoms with Gasteiger partial charge in [-0.15, -0.1) is 18.2 Å². The fourth-order valence-electron chi connectivity index (χ4n) is 8.00. The summed E-state index contributed by atoms with van der Waals surface area (Å²) >= 11 is -1.90. The Balaban J connectivity index is 0.000000206. The van der Waals surface area contributed by atoms with Crippen LogP contribution in [0.5, 0.6) is 0 Å². The number of furan rings is 1. The van der Waals surface area contributed by atoms with Crippen molar-refractivity contribution < 1.29 is 24.5 Å². The molecule has 0 N–H and O–H groups in total. The zero-order valence-corrected chi connectivity index (χ0v) is 39.9. The van der Waals surface area contributed by atoms with Crippen molar-refractivity contribution in [2.75, 3.05) is 0 Å². The summed E-state index contributed by atoms with van der Waals surface area (Å²) in [5, 5.41) is 2.01. The number of hydrogen-bond acceptors (Lipinski definition) is 4. The second-order valence-electron chi connectivity index (χ2n) is 17.6. The summed E-state index contributed by atoms with van der Waals surface area (Å²) in [4.78, 5) is 14.5. The smallest absolute Gasteiger partial charge is 0.216 e. The molecular weight excluding hydrogens is 961 g/mol. The molecule has 7 heteroatoms. The van der Waals surface area contributed by atoms with Crippen molar-refractivity contribution in [3.05, 3.63) is 162 Å². The Labute approximate surface area is 364 Å². The van der Waals surface area contributed by atoms with E-state index in [0.29, 0.717) is 11.1 Å². The Morgan fingerprint density at radius 3 is 2.12 bits per heavy atom. The summed E-state index contributed by atoms with van der Waals surface area (Å²) in [6.07, 6.45) is 3.24. The number of hydrogen-bond donors (Lipinski definition) is 0. The van der Waals surface area contributed by atoms with Gasteiger partial charge >= 0.3 is 132 Å². The van der Waals surface area contributed by atoms with Gasteiger partial charge in [0.2, 0.25) is 5.71 Å². The van der Waals surface area contributed by atoms with Crippen molar-refractivity contribution >= 4 is 50.8 Å². The number of aromatic nitrogens is 4. The molecule has 0 aliphatic rings. The average molecular weight is 1010 g/mol. The van der Waals surface area contributed by atoms with Gasteiger partial charge in [0.1, 0.15) is 0 Å². The monoisotopic (exact) mass is 1010 g/mol. The molecule has 5 aromatic carbocycles. The molecule has 0 bridgehead atoms. The molecule has 9 aromatic rings. The molecule has 0 saturated carbocycles. The van der Waals surface area contributed by atoms with Crippen LogP contribution in [0.3, 0.4) is 0 Å². The minimum Gasteiger partial charge on any atom is -0.486 e. The van der Waals surface area contributed by atoms with Crippen LogP contribution in [-0.2, 0) is 26.5 Å². The molecule has 0 atom stereocenters. The fourth-order valence-corrected chi connectivity index (χ4v) is 11.3. The van der Waals surface area contributed by atoms with E-state index in [1.165, 1.54) is 32.2 Å². The number of fused-ring (bicyclic) bond motifs is 4. The van der Waals surface area contributed by atoms with Crippen LogP contribution < -0.4 is 4.40 Å². The summed E-state index contributed by atoms with van der Waals surface area (Å²) in [6.45, 7) is 13.2. The van der Waals surface area contributed by atoms with E-state index in [4.69, 9.17) is 14.4 Å². The van der Waals surface area contributed by atoms with Crippen LogP contribution in [0.25, 0.3) is 72.6 Å². The van der Waals surface area contributed by atoms with Crippen LogP contribution in [0.15, 0.2) is 132 Å². The molecule has 4 aromatic heterocycles. The van der Waals surface area contributed by atoms with Crippen molar-refractivity contribution in [3.63, 3.8) is 0 Å². The molecule has 59 heavy (non-hydrogen) atoms. The van der Waals surface area contributed by atoms with Gasteiger partial charge in [0.25, 0.3) is 0 Å². The zero-order chi connectivity index (χ0) is 40.8. The van der Waals surface area contributed by atoms with Gasteiger partial charge < -0.3 is 8.98 Å². The molecule has 9 rings (SSSR count). The van der Waals surface area contributed by atoms with Crippen molar-refractivity contribution in [2.24, 2.45) is 5.41 Å². The van der Waals surface area contributed by atoms with E-state index in [2.05, 4.69) is 153 Å². The summed E-state index contributed by atoms with van der Waals surface area (Å²) in [5.41, 5.74) is 14.9. The second kappa shape index (κ2) is 16.8. The van der Waals surface area contributed by atoms with Crippen LogP contribution in [0, 0.1) is 38.3 Å². The maximum atomic E-state index is 6.35. The first-order chi connectivity index (χ1) is 27.7. The molecule has 0 aliphatic heterocycles. The molecule has 0 aliphatic carbocycles. The topological polar surface area (TPSA) is 56.7 Å². The largest absolute Gasteiger partial charge is 0.486 e. The second-order valence-corrected chi connectivity index (χ2v) is 28.1. The number of pyridine rings is 2.